The first-order valence-corrected chi connectivity index (χ1v) is 5.49. The summed E-state index contributed by atoms with van der Waals surface area (Å²) in [6, 6.07) is 10.7. The fourth-order valence-electron chi connectivity index (χ4n) is 1.51. The molecule has 0 fully saturated rings. The first-order chi connectivity index (χ1) is 8.65. The summed E-state index contributed by atoms with van der Waals surface area (Å²) < 4.78 is 0. The van der Waals surface area contributed by atoms with E-state index in [9.17, 15) is 4.79 Å². The predicted molar refractivity (Wildman–Crippen MR) is 70.9 cm³/mol. The summed E-state index contributed by atoms with van der Waals surface area (Å²) in [7, 11) is 0. The third-order valence-corrected chi connectivity index (χ3v) is 2.50. The molecule has 0 aliphatic carbocycles. The SMILES string of the molecule is NC(=O)c1ccnc(NCc2ccc(N)cc2)c1. The molecular weight excluding hydrogens is 228 g/mol. The maximum atomic E-state index is 11.0. The van der Waals surface area contributed by atoms with Gasteiger partial charge in [-0.1, -0.05) is 12.1 Å². The minimum Gasteiger partial charge on any atom is -0.399 e. The molecular formula is C13H14N4O. The van der Waals surface area contributed by atoms with Gasteiger partial charge in [0.1, 0.15) is 5.82 Å². The van der Waals surface area contributed by atoms with Crippen LogP contribution in [0.3, 0.4) is 0 Å². The van der Waals surface area contributed by atoms with E-state index in [1.54, 1.807) is 18.3 Å². The summed E-state index contributed by atoms with van der Waals surface area (Å²) in [6.07, 6.45) is 1.55. The number of benzene rings is 1. The second-order valence-corrected chi connectivity index (χ2v) is 3.89. The Hall–Kier alpha value is -2.56. The smallest absolute Gasteiger partial charge is 0.248 e. The summed E-state index contributed by atoms with van der Waals surface area (Å²) >= 11 is 0. The average Bonchev–Trinajstić information content (AvgIpc) is 2.38. The van der Waals surface area contributed by atoms with E-state index < -0.39 is 5.91 Å². The molecule has 2 aromatic rings. The lowest BCUT2D eigenvalue weighted by Gasteiger charge is -2.06. The van der Waals surface area contributed by atoms with Crippen molar-refractivity contribution in [3.8, 4) is 0 Å². The van der Waals surface area contributed by atoms with E-state index in [4.69, 9.17) is 11.5 Å². The summed E-state index contributed by atoms with van der Waals surface area (Å²) in [4.78, 5) is 15.1. The van der Waals surface area contributed by atoms with Crippen molar-refractivity contribution in [2.75, 3.05) is 11.1 Å². The fraction of sp³-hybridized carbons (Fsp3) is 0.0769. The van der Waals surface area contributed by atoms with Crippen LogP contribution in [0.5, 0.6) is 0 Å². The maximum Gasteiger partial charge on any atom is 0.248 e. The number of rotatable bonds is 4. The number of amides is 1. The van der Waals surface area contributed by atoms with E-state index in [1.165, 1.54) is 0 Å². The highest BCUT2D eigenvalue weighted by molar-refractivity contribution is 5.93. The van der Waals surface area contributed by atoms with Crippen LogP contribution < -0.4 is 16.8 Å². The van der Waals surface area contributed by atoms with Crippen molar-refractivity contribution in [3.05, 3.63) is 53.7 Å². The van der Waals surface area contributed by atoms with Gasteiger partial charge in [-0.05, 0) is 29.8 Å². The van der Waals surface area contributed by atoms with Crippen molar-refractivity contribution in [1.82, 2.24) is 4.98 Å². The van der Waals surface area contributed by atoms with E-state index in [0.717, 1.165) is 11.3 Å². The van der Waals surface area contributed by atoms with E-state index in [0.29, 0.717) is 17.9 Å². The van der Waals surface area contributed by atoms with Crippen molar-refractivity contribution < 1.29 is 4.79 Å². The van der Waals surface area contributed by atoms with E-state index >= 15 is 0 Å². The standard InChI is InChI=1S/C13H14N4O/c14-11-3-1-9(2-4-11)8-17-12-7-10(13(15)18)5-6-16-12/h1-7H,8,14H2,(H2,15,18)(H,16,17). The molecule has 1 aromatic carbocycles. The molecule has 2 rings (SSSR count). The molecule has 92 valence electrons. The minimum absolute atomic E-state index is 0.435. The highest BCUT2D eigenvalue weighted by Gasteiger charge is 2.02. The molecule has 0 atom stereocenters. The van der Waals surface area contributed by atoms with Crippen molar-refractivity contribution in [3.63, 3.8) is 0 Å². The molecule has 0 radical (unpaired) electrons. The number of aromatic nitrogens is 1. The number of carbonyl (C=O) groups excluding carboxylic acids is 1. The molecule has 1 heterocycles. The number of nitrogen functional groups attached to an aromatic ring is 1. The van der Waals surface area contributed by atoms with Gasteiger partial charge in [0.05, 0.1) is 0 Å². The molecule has 1 amide bonds. The summed E-state index contributed by atoms with van der Waals surface area (Å²) in [5, 5.41) is 3.12. The summed E-state index contributed by atoms with van der Waals surface area (Å²) in [5.74, 6) is 0.149. The van der Waals surface area contributed by atoms with Crippen LogP contribution in [0.2, 0.25) is 0 Å². The molecule has 5 heteroatoms. The van der Waals surface area contributed by atoms with Gasteiger partial charge in [0.15, 0.2) is 0 Å². The van der Waals surface area contributed by atoms with Crippen molar-refractivity contribution >= 4 is 17.4 Å². The second kappa shape index (κ2) is 5.18. The minimum atomic E-state index is -0.465. The Labute approximate surface area is 105 Å². The molecule has 0 aliphatic rings. The molecule has 0 spiro atoms. The van der Waals surface area contributed by atoms with Gasteiger partial charge >= 0.3 is 0 Å². The maximum absolute atomic E-state index is 11.0. The van der Waals surface area contributed by atoms with Crippen LogP contribution in [0.25, 0.3) is 0 Å². The Kier molecular flexibility index (Phi) is 3.43. The van der Waals surface area contributed by atoms with Gasteiger partial charge in [-0.3, -0.25) is 4.79 Å². The summed E-state index contributed by atoms with van der Waals surface area (Å²) in [5.41, 5.74) is 13.0. The number of pyridine rings is 1. The third-order valence-electron chi connectivity index (χ3n) is 2.50. The van der Waals surface area contributed by atoms with Gasteiger partial charge in [0.2, 0.25) is 5.91 Å². The largest absolute Gasteiger partial charge is 0.399 e. The van der Waals surface area contributed by atoms with Crippen molar-refractivity contribution in [2.24, 2.45) is 5.73 Å². The number of anilines is 2. The third kappa shape index (κ3) is 2.98. The number of hydrogen-bond acceptors (Lipinski definition) is 4. The predicted octanol–water partition coefficient (Wildman–Crippen LogP) is 1.37. The van der Waals surface area contributed by atoms with Gasteiger partial charge < -0.3 is 16.8 Å². The van der Waals surface area contributed by atoms with Crippen LogP contribution in [0.1, 0.15) is 15.9 Å². The van der Waals surface area contributed by atoms with Crippen LogP contribution in [0.15, 0.2) is 42.6 Å². The molecule has 0 saturated carbocycles. The molecule has 18 heavy (non-hydrogen) atoms. The molecule has 5 nitrogen and oxygen atoms in total. The number of hydrogen-bond donors (Lipinski definition) is 3. The van der Waals surface area contributed by atoms with Gasteiger partial charge in [0, 0.05) is 24.0 Å². The fourth-order valence-corrected chi connectivity index (χ4v) is 1.51. The van der Waals surface area contributed by atoms with Crippen LogP contribution in [-0.2, 0) is 6.54 Å². The molecule has 0 saturated heterocycles. The van der Waals surface area contributed by atoms with Crippen LogP contribution in [0.4, 0.5) is 11.5 Å². The summed E-state index contributed by atoms with van der Waals surface area (Å²) in [6.45, 7) is 0.607. The van der Waals surface area contributed by atoms with Gasteiger partial charge in [-0.2, -0.15) is 0 Å². The lowest BCUT2D eigenvalue weighted by molar-refractivity contribution is 0.1000. The molecule has 0 unspecified atom stereocenters. The highest BCUT2D eigenvalue weighted by atomic mass is 16.1. The molecule has 1 aromatic heterocycles. The Balaban J connectivity index is 2.04. The number of carbonyl (C=O) groups is 1. The number of primary amides is 1. The normalized spacial score (nSPS) is 10.0. The first kappa shape index (κ1) is 11.9. The van der Waals surface area contributed by atoms with Crippen molar-refractivity contribution in [2.45, 2.75) is 6.54 Å². The van der Waals surface area contributed by atoms with Gasteiger partial charge in [-0.15, -0.1) is 0 Å². The molecule has 0 aliphatic heterocycles. The number of nitrogens with zero attached hydrogens (tertiary/aromatic N) is 1. The van der Waals surface area contributed by atoms with Gasteiger partial charge in [0.25, 0.3) is 0 Å². The average molecular weight is 242 g/mol. The lowest BCUT2D eigenvalue weighted by Crippen LogP contribution is -2.11. The Morgan fingerprint density at radius 3 is 2.61 bits per heavy atom. The highest BCUT2D eigenvalue weighted by Crippen LogP contribution is 2.10. The van der Waals surface area contributed by atoms with E-state index in [1.807, 2.05) is 24.3 Å². The van der Waals surface area contributed by atoms with Crippen LogP contribution in [-0.4, -0.2) is 10.9 Å². The lowest BCUT2D eigenvalue weighted by atomic mass is 10.2. The zero-order chi connectivity index (χ0) is 13.0. The molecule has 0 bridgehead atoms. The zero-order valence-electron chi connectivity index (χ0n) is 9.76. The van der Waals surface area contributed by atoms with Crippen molar-refractivity contribution in [1.29, 1.82) is 0 Å². The topological polar surface area (TPSA) is 94.0 Å². The van der Waals surface area contributed by atoms with E-state index in [-0.39, 0.29) is 0 Å². The number of nitrogens with one attached hydrogen (secondary N) is 1. The zero-order valence-corrected chi connectivity index (χ0v) is 9.76. The Bertz CT molecular complexity index is 551. The quantitative estimate of drug-likeness (QED) is 0.706. The van der Waals surface area contributed by atoms with Gasteiger partial charge in [-0.25, -0.2) is 4.98 Å². The van der Waals surface area contributed by atoms with Crippen LogP contribution in [0, 0.1) is 0 Å². The monoisotopic (exact) mass is 242 g/mol. The van der Waals surface area contributed by atoms with E-state index in [2.05, 4.69) is 10.3 Å². The van der Waals surface area contributed by atoms with Crippen LogP contribution >= 0.6 is 0 Å². The number of nitrogens with two attached hydrogens (primary N) is 2. The Morgan fingerprint density at radius 2 is 1.94 bits per heavy atom. The first-order valence-electron chi connectivity index (χ1n) is 5.49. The Morgan fingerprint density at radius 1 is 1.22 bits per heavy atom. The molecule has 5 N–H and O–H groups in total. The second-order valence-electron chi connectivity index (χ2n) is 3.89.